The summed E-state index contributed by atoms with van der Waals surface area (Å²) in [5.41, 5.74) is 6.62. The van der Waals surface area contributed by atoms with Gasteiger partial charge in [-0.15, -0.1) is 0 Å². The molecule has 1 aromatic carbocycles. The Balaban J connectivity index is 0.00000155. The van der Waals surface area contributed by atoms with E-state index in [9.17, 15) is 13.2 Å². The van der Waals surface area contributed by atoms with Crippen LogP contribution in [0, 0.1) is 0 Å². The topological polar surface area (TPSA) is 109 Å². The Morgan fingerprint density at radius 3 is 2.40 bits per heavy atom. The quantitative estimate of drug-likeness (QED) is 0.640. The summed E-state index contributed by atoms with van der Waals surface area (Å²) in [6, 6.07) is 10.0. The molecular weight excluding hydrogens is 404 g/mol. The summed E-state index contributed by atoms with van der Waals surface area (Å²) in [6.45, 7) is 4.89. The third-order valence-electron chi connectivity index (χ3n) is 5.00. The van der Waals surface area contributed by atoms with Gasteiger partial charge in [-0.2, -0.15) is 0 Å². The number of ether oxygens (including phenoxy) is 2. The first-order valence-corrected chi connectivity index (χ1v) is 11.7. The summed E-state index contributed by atoms with van der Waals surface area (Å²) in [5, 5.41) is 0. The maximum atomic E-state index is 13.1. The van der Waals surface area contributed by atoms with Gasteiger partial charge in [-0.05, 0) is 61.6 Å². The lowest BCUT2D eigenvalue weighted by molar-refractivity contribution is -0.122. The summed E-state index contributed by atoms with van der Waals surface area (Å²) >= 11 is 0. The predicted molar refractivity (Wildman–Crippen MR) is 115 cm³/mol. The van der Waals surface area contributed by atoms with Crippen molar-refractivity contribution in [1.29, 1.82) is 0 Å². The number of aromatic nitrogens is 1. The molecule has 0 unspecified atom stereocenters. The zero-order valence-electron chi connectivity index (χ0n) is 17.5. The second-order valence-corrected chi connectivity index (χ2v) is 9.02. The second-order valence-electron chi connectivity index (χ2n) is 6.76. The maximum Gasteiger partial charge on any atom is 0.239 e. The van der Waals surface area contributed by atoms with Crippen LogP contribution in [0.15, 0.2) is 53.7 Å². The molecule has 7 nitrogen and oxygen atoms in total. The molecule has 0 atom stereocenters. The molecule has 30 heavy (non-hydrogen) atoms. The second kappa shape index (κ2) is 11.1. The number of carbonyl (C=O) groups excluding carboxylic acids is 1. The highest BCUT2D eigenvalue weighted by Crippen LogP contribution is 2.35. The van der Waals surface area contributed by atoms with E-state index in [4.69, 9.17) is 15.2 Å². The van der Waals surface area contributed by atoms with E-state index in [1.807, 2.05) is 32.2 Å². The molecule has 3 rings (SSSR count). The number of benzene rings is 1. The molecule has 1 aliphatic heterocycles. The largest absolute Gasteiger partial charge is 0.494 e. The number of nitrogens with zero attached hydrogens (tertiary/aromatic N) is 1. The van der Waals surface area contributed by atoms with Crippen LogP contribution in [-0.2, 0) is 25.8 Å². The number of primary amides is 1. The lowest BCUT2D eigenvalue weighted by Crippen LogP contribution is -2.53. The zero-order chi connectivity index (χ0) is 22.0. The molecule has 0 saturated carbocycles. The number of hydrogen-bond donors (Lipinski definition) is 1. The van der Waals surface area contributed by atoms with Crippen molar-refractivity contribution in [2.24, 2.45) is 5.73 Å². The summed E-state index contributed by atoms with van der Waals surface area (Å²) in [5.74, 6) is -0.253. The van der Waals surface area contributed by atoms with Crippen molar-refractivity contribution in [2.75, 3.05) is 19.8 Å². The van der Waals surface area contributed by atoms with Crippen LogP contribution in [0.1, 0.15) is 38.7 Å². The van der Waals surface area contributed by atoms with Gasteiger partial charge in [0.25, 0.3) is 0 Å². The number of nitrogens with two attached hydrogens (primary N) is 1. The summed E-state index contributed by atoms with van der Waals surface area (Å²) in [7, 11) is -3.92. The molecule has 0 aliphatic carbocycles. The van der Waals surface area contributed by atoms with Gasteiger partial charge < -0.3 is 15.2 Å². The predicted octanol–water partition coefficient (Wildman–Crippen LogP) is 2.93. The van der Waals surface area contributed by atoms with E-state index in [-0.39, 0.29) is 31.0 Å². The summed E-state index contributed by atoms with van der Waals surface area (Å²) < 4.78 is 35.4. The molecule has 8 heteroatoms. The number of aryl methyl sites for hydroxylation is 1. The Hall–Kier alpha value is -2.45. The highest BCUT2D eigenvalue weighted by molar-refractivity contribution is 7.93. The standard InChI is InChI=1S/C20H24N2O5S.C2H6/c21-19(23)20(9-13-26-14-10-20)28(24,25)18-7-5-17(6-8-18)27-12-2-4-16-3-1-11-22-15-16;1-2/h1,3,5-8,11,15H,2,4,9-10,12-14H2,(H2,21,23);1-2H3. The van der Waals surface area contributed by atoms with Crippen molar-refractivity contribution in [3.8, 4) is 5.75 Å². The number of pyridine rings is 1. The first kappa shape index (κ1) is 23.8. The molecule has 0 spiro atoms. The third-order valence-corrected chi connectivity index (χ3v) is 7.53. The first-order valence-electron chi connectivity index (χ1n) is 10.2. The van der Waals surface area contributed by atoms with Gasteiger partial charge in [0.1, 0.15) is 5.75 Å². The number of carbonyl (C=O) groups is 1. The van der Waals surface area contributed by atoms with Gasteiger partial charge in [0.2, 0.25) is 5.91 Å². The van der Waals surface area contributed by atoms with Crippen LogP contribution in [0.3, 0.4) is 0 Å². The molecule has 1 aromatic heterocycles. The number of hydrogen-bond acceptors (Lipinski definition) is 6. The van der Waals surface area contributed by atoms with Crippen molar-refractivity contribution in [1.82, 2.24) is 4.98 Å². The van der Waals surface area contributed by atoms with Gasteiger partial charge >= 0.3 is 0 Å². The normalized spacial score (nSPS) is 15.5. The molecule has 0 radical (unpaired) electrons. The van der Waals surface area contributed by atoms with Crippen molar-refractivity contribution >= 4 is 15.7 Å². The minimum atomic E-state index is -3.92. The molecule has 2 aromatic rings. The van der Waals surface area contributed by atoms with Crippen LogP contribution in [0.4, 0.5) is 0 Å². The fraction of sp³-hybridized carbons (Fsp3) is 0.455. The van der Waals surface area contributed by atoms with E-state index in [1.54, 1.807) is 18.3 Å². The van der Waals surface area contributed by atoms with Crippen molar-refractivity contribution in [3.63, 3.8) is 0 Å². The molecule has 2 heterocycles. The van der Waals surface area contributed by atoms with E-state index in [0.29, 0.717) is 12.4 Å². The number of amides is 1. The lowest BCUT2D eigenvalue weighted by atomic mass is 9.98. The highest BCUT2D eigenvalue weighted by atomic mass is 32.2. The van der Waals surface area contributed by atoms with Crippen molar-refractivity contribution < 1.29 is 22.7 Å². The van der Waals surface area contributed by atoms with Gasteiger partial charge in [0.05, 0.1) is 11.5 Å². The van der Waals surface area contributed by atoms with E-state index in [0.717, 1.165) is 18.4 Å². The van der Waals surface area contributed by atoms with E-state index in [1.165, 1.54) is 12.1 Å². The van der Waals surface area contributed by atoms with E-state index < -0.39 is 20.5 Å². The Morgan fingerprint density at radius 2 is 1.83 bits per heavy atom. The third kappa shape index (κ3) is 5.37. The Morgan fingerprint density at radius 1 is 1.17 bits per heavy atom. The molecule has 1 fully saturated rings. The molecule has 2 N–H and O–H groups in total. The van der Waals surface area contributed by atoms with E-state index in [2.05, 4.69) is 4.98 Å². The van der Waals surface area contributed by atoms with Crippen LogP contribution < -0.4 is 10.5 Å². The monoisotopic (exact) mass is 434 g/mol. The van der Waals surface area contributed by atoms with Crippen LogP contribution in [0.25, 0.3) is 0 Å². The van der Waals surface area contributed by atoms with Crippen LogP contribution >= 0.6 is 0 Å². The Kier molecular flexibility index (Phi) is 8.80. The smallest absolute Gasteiger partial charge is 0.239 e. The number of sulfone groups is 1. The highest BCUT2D eigenvalue weighted by Gasteiger charge is 2.51. The average Bonchev–Trinajstić information content (AvgIpc) is 2.79. The zero-order valence-corrected chi connectivity index (χ0v) is 18.4. The minimum absolute atomic E-state index is 0.0657. The molecule has 0 bridgehead atoms. The summed E-state index contributed by atoms with van der Waals surface area (Å²) in [6.07, 6.45) is 5.36. The minimum Gasteiger partial charge on any atom is -0.494 e. The van der Waals surface area contributed by atoms with Crippen LogP contribution in [0.2, 0.25) is 0 Å². The van der Waals surface area contributed by atoms with Crippen LogP contribution in [-0.4, -0.2) is 43.9 Å². The van der Waals surface area contributed by atoms with Gasteiger partial charge in [0, 0.05) is 25.6 Å². The molecule has 1 amide bonds. The lowest BCUT2D eigenvalue weighted by Gasteiger charge is -2.33. The molecule has 1 saturated heterocycles. The van der Waals surface area contributed by atoms with Gasteiger partial charge in [-0.1, -0.05) is 19.9 Å². The number of rotatable bonds is 8. The maximum absolute atomic E-state index is 13.1. The van der Waals surface area contributed by atoms with Gasteiger partial charge in [0.15, 0.2) is 14.6 Å². The van der Waals surface area contributed by atoms with E-state index >= 15 is 0 Å². The average molecular weight is 435 g/mol. The van der Waals surface area contributed by atoms with Crippen molar-refractivity contribution in [3.05, 3.63) is 54.4 Å². The molecule has 164 valence electrons. The van der Waals surface area contributed by atoms with Gasteiger partial charge in [-0.25, -0.2) is 8.42 Å². The van der Waals surface area contributed by atoms with Crippen molar-refractivity contribution in [2.45, 2.75) is 49.2 Å². The fourth-order valence-electron chi connectivity index (χ4n) is 3.30. The Labute approximate surface area is 178 Å². The SMILES string of the molecule is CC.NC(=O)C1(S(=O)(=O)c2ccc(OCCCc3cccnc3)cc2)CCOCC1. The van der Waals surface area contributed by atoms with Gasteiger partial charge in [-0.3, -0.25) is 9.78 Å². The molecule has 1 aliphatic rings. The summed E-state index contributed by atoms with van der Waals surface area (Å²) in [4.78, 5) is 16.2. The van der Waals surface area contributed by atoms with Crippen LogP contribution in [0.5, 0.6) is 5.75 Å². The fourth-order valence-corrected chi connectivity index (χ4v) is 5.22. The first-order chi connectivity index (χ1) is 14.5. The Bertz CT molecular complexity index is 893. The molecular formula is C22H30N2O5S.